The SMILES string of the molecule is CC1(C2CCNC2)CN(C(C)(C)C)C(=O)CO1. The minimum Gasteiger partial charge on any atom is -0.363 e. The average molecular weight is 240 g/mol. The van der Waals surface area contributed by atoms with Gasteiger partial charge in [0.15, 0.2) is 0 Å². The molecular formula is C13H24N2O2. The highest BCUT2D eigenvalue weighted by molar-refractivity contribution is 5.79. The zero-order chi connectivity index (χ0) is 12.7. The molecule has 1 N–H and O–H groups in total. The first-order chi connectivity index (χ1) is 7.83. The first-order valence-electron chi connectivity index (χ1n) is 6.48. The van der Waals surface area contributed by atoms with Crippen molar-refractivity contribution in [1.82, 2.24) is 10.2 Å². The van der Waals surface area contributed by atoms with Gasteiger partial charge in [-0.25, -0.2) is 0 Å². The van der Waals surface area contributed by atoms with Crippen molar-refractivity contribution >= 4 is 5.91 Å². The van der Waals surface area contributed by atoms with Crippen LogP contribution in [-0.4, -0.2) is 48.2 Å². The number of hydrogen-bond acceptors (Lipinski definition) is 3. The summed E-state index contributed by atoms with van der Waals surface area (Å²) in [7, 11) is 0. The Balaban J connectivity index is 2.13. The van der Waals surface area contributed by atoms with Gasteiger partial charge in [-0.1, -0.05) is 0 Å². The molecule has 0 aromatic carbocycles. The van der Waals surface area contributed by atoms with Gasteiger partial charge in [-0.15, -0.1) is 0 Å². The molecule has 2 saturated heterocycles. The highest BCUT2D eigenvalue weighted by atomic mass is 16.5. The van der Waals surface area contributed by atoms with E-state index in [1.165, 1.54) is 0 Å². The Kier molecular flexibility index (Phi) is 3.21. The van der Waals surface area contributed by atoms with Crippen LogP contribution in [0.5, 0.6) is 0 Å². The summed E-state index contributed by atoms with van der Waals surface area (Å²) in [6.07, 6.45) is 1.14. The molecule has 0 bridgehead atoms. The van der Waals surface area contributed by atoms with E-state index in [2.05, 4.69) is 33.0 Å². The van der Waals surface area contributed by atoms with Crippen LogP contribution in [0.25, 0.3) is 0 Å². The molecule has 0 aromatic rings. The second-order valence-electron chi connectivity index (χ2n) is 6.44. The van der Waals surface area contributed by atoms with Gasteiger partial charge in [-0.05, 0) is 40.7 Å². The monoisotopic (exact) mass is 240 g/mol. The average Bonchev–Trinajstić information content (AvgIpc) is 2.74. The van der Waals surface area contributed by atoms with E-state index in [4.69, 9.17) is 4.74 Å². The molecule has 0 aliphatic carbocycles. The number of nitrogens with one attached hydrogen (secondary N) is 1. The van der Waals surface area contributed by atoms with E-state index < -0.39 is 0 Å². The third-order valence-electron chi connectivity index (χ3n) is 4.03. The first kappa shape index (κ1) is 12.8. The van der Waals surface area contributed by atoms with E-state index in [-0.39, 0.29) is 23.7 Å². The number of ether oxygens (including phenoxy) is 1. The van der Waals surface area contributed by atoms with E-state index in [0.717, 1.165) is 19.5 Å². The standard InChI is InChI=1S/C13H24N2O2/c1-12(2,3)15-9-13(4,17-8-11(15)16)10-5-6-14-7-10/h10,14H,5-9H2,1-4H3. The van der Waals surface area contributed by atoms with E-state index in [1.54, 1.807) is 0 Å². The first-order valence-corrected chi connectivity index (χ1v) is 6.48. The number of carbonyl (C=O) groups is 1. The Labute approximate surface area is 104 Å². The summed E-state index contributed by atoms with van der Waals surface area (Å²) >= 11 is 0. The molecule has 0 aromatic heterocycles. The maximum absolute atomic E-state index is 11.9. The highest BCUT2D eigenvalue weighted by Gasteiger charge is 2.45. The van der Waals surface area contributed by atoms with Crippen molar-refractivity contribution in [3.63, 3.8) is 0 Å². The minimum absolute atomic E-state index is 0.112. The summed E-state index contributed by atoms with van der Waals surface area (Å²) in [5, 5.41) is 3.38. The van der Waals surface area contributed by atoms with E-state index in [1.807, 2.05) is 4.90 Å². The predicted molar refractivity (Wildman–Crippen MR) is 66.8 cm³/mol. The lowest BCUT2D eigenvalue weighted by Crippen LogP contribution is -2.61. The number of rotatable bonds is 1. The van der Waals surface area contributed by atoms with Crippen LogP contribution in [-0.2, 0) is 9.53 Å². The highest BCUT2D eigenvalue weighted by Crippen LogP contribution is 2.33. The molecular weight excluding hydrogens is 216 g/mol. The lowest BCUT2D eigenvalue weighted by Gasteiger charge is -2.48. The molecule has 1 amide bonds. The molecule has 0 spiro atoms. The fourth-order valence-corrected chi connectivity index (χ4v) is 2.79. The normalized spacial score (nSPS) is 35.4. The van der Waals surface area contributed by atoms with E-state index in [9.17, 15) is 4.79 Å². The van der Waals surface area contributed by atoms with E-state index >= 15 is 0 Å². The van der Waals surface area contributed by atoms with Gasteiger partial charge >= 0.3 is 0 Å². The van der Waals surface area contributed by atoms with Crippen molar-refractivity contribution in [3.8, 4) is 0 Å². The van der Waals surface area contributed by atoms with Crippen LogP contribution in [0.3, 0.4) is 0 Å². The van der Waals surface area contributed by atoms with Crippen LogP contribution in [0.2, 0.25) is 0 Å². The number of morpholine rings is 1. The molecule has 2 heterocycles. The molecule has 2 rings (SSSR count). The van der Waals surface area contributed by atoms with Gasteiger partial charge < -0.3 is 15.0 Å². The van der Waals surface area contributed by atoms with Gasteiger partial charge in [0, 0.05) is 18.0 Å². The summed E-state index contributed by atoms with van der Waals surface area (Å²) in [6, 6.07) is 0. The summed E-state index contributed by atoms with van der Waals surface area (Å²) in [5.74, 6) is 0.626. The molecule has 2 atom stereocenters. The van der Waals surface area contributed by atoms with Crippen LogP contribution in [0, 0.1) is 5.92 Å². The topological polar surface area (TPSA) is 41.6 Å². The van der Waals surface area contributed by atoms with Gasteiger partial charge in [0.1, 0.15) is 6.61 Å². The third-order valence-corrected chi connectivity index (χ3v) is 4.03. The molecule has 17 heavy (non-hydrogen) atoms. The molecule has 4 heteroatoms. The third kappa shape index (κ3) is 2.47. The van der Waals surface area contributed by atoms with Crippen LogP contribution in [0.15, 0.2) is 0 Å². The lowest BCUT2D eigenvalue weighted by atomic mass is 9.85. The Bertz CT molecular complexity index is 305. The maximum atomic E-state index is 11.9. The summed E-state index contributed by atoms with van der Waals surface area (Å²) in [4.78, 5) is 13.9. The van der Waals surface area contributed by atoms with Crippen LogP contribution in [0.4, 0.5) is 0 Å². The zero-order valence-corrected chi connectivity index (χ0v) is 11.4. The Morgan fingerprint density at radius 3 is 2.71 bits per heavy atom. The van der Waals surface area contributed by atoms with Crippen molar-refractivity contribution in [2.75, 3.05) is 26.2 Å². The van der Waals surface area contributed by atoms with Gasteiger partial charge in [0.05, 0.1) is 12.1 Å². The molecule has 2 aliphatic heterocycles. The molecule has 2 aliphatic rings. The zero-order valence-electron chi connectivity index (χ0n) is 11.4. The van der Waals surface area contributed by atoms with Crippen molar-refractivity contribution < 1.29 is 9.53 Å². The van der Waals surface area contributed by atoms with Gasteiger partial charge in [-0.3, -0.25) is 4.79 Å². The minimum atomic E-state index is -0.190. The predicted octanol–water partition coefficient (Wildman–Crippen LogP) is 1.01. The number of hydrogen-bond donors (Lipinski definition) is 1. The maximum Gasteiger partial charge on any atom is 0.249 e. The van der Waals surface area contributed by atoms with E-state index in [0.29, 0.717) is 12.5 Å². The summed E-state index contributed by atoms with van der Waals surface area (Å²) < 4.78 is 5.86. The number of nitrogens with zero attached hydrogens (tertiary/aromatic N) is 1. The molecule has 2 fully saturated rings. The lowest BCUT2D eigenvalue weighted by molar-refractivity contribution is -0.177. The fraction of sp³-hybridized carbons (Fsp3) is 0.923. The largest absolute Gasteiger partial charge is 0.363 e. The van der Waals surface area contributed by atoms with Gasteiger partial charge in [0.2, 0.25) is 5.91 Å². The molecule has 0 saturated carbocycles. The van der Waals surface area contributed by atoms with Crippen LogP contribution < -0.4 is 5.32 Å². The summed E-state index contributed by atoms with van der Waals surface area (Å²) in [5.41, 5.74) is -0.307. The molecule has 0 radical (unpaired) electrons. The van der Waals surface area contributed by atoms with Crippen molar-refractivity contribution in [1.29, 1.82) is 0 Å². The second kappa shape index (κ2) is 4.25. The van der Waals surface area contributed by atoms with Crippen molar-refractivity contribution in [3.05, 3.63) is 0 Å². The Hall–Kier alpha value is -0.610. The number of amides is 1. The number of carbonyl (C=O) groups excluding carboxylic acids is 1. The quantitative estimate of drug-likeness (QED) is 0.744. The molecule has 4 nitrogen and oxygen atoms in total. The molecule has 98 valence electrons. The Morgan fingerprint density at radius 2 is 2.18 bits per heavy atom. The van der Waals surface area contributed by atoms with Crippen molar-refractivity contribution in [2.24, 2.45) is 5.92 Å². The molecule has 2 unspecified atom stereocenters. The summed E-state index contributed by atoms with van der Waals surface area (Å²) in [6.45, 7) is 11.4. The smallest absolute Gasteiger partial charge is 0.249 e. The van der Waals surface area contributed by atoms with Gasteiger partial charge in [0.25, 0.3) is 0 Å². The second-order valence-corrected chi connectivity index (χ2v) is 6.44. The van der Waals surface area contributed by atoms with Crippen LogP contribution >= 0.6 is 0 Å². The Morgan fingerprint density at radius 1 is 1.47 bits per heavy atom. The fourth-order valence-electron chi connectivity index (χ4n) is 2.79. The van der Waals surface area contributed by atoms with Crippen molar-refractivity contribution in [2.45, 2.75) is 45.3 Å². The van der Waals surface area contributed by atoms with Crippen LogP contribution in [0.1, 0.15) is 34.1 Å². The van der Waals surface area contributed by atoms with Gasteiger partial charge in [-0.2, -0.15) is 0 Å².